The van der Waals surface area contributed by atoms with Crippen LogP contribution in [-0.4, -0.2) is 24.9 Å². The Bertz CT molecular complexity index is 638. The summed E-state index contributed by atoms with van der Waals surface area (Å²) in [5, 5.41) is 0. The van der Waals surface area contributed by atoms with E-state index in [-0.39, 0.29) is 15.0 Å². The Morgan fingerprint density at radius 2 is 1.47 bits per heavy atom. The monoisotopic (exact) mass is 286 g/mol. The second-order valence-corrected chi connectivity index (χ2v) is 5.91. The number of benzene rings is 2. The fourth-order valence-corrected chi connectivity index (χ4v) is 3.24. The summed E-state index contributed by atoms with van der Waals surface area (Å²) in [6.07, 6.45) is 1.88. The fraction of sp³-hybridized carbons (Fsp3) is 0. The van der Waals surface area contributed by atoms with Crippen LogP contribution in [-0.2, 0) is 0 Å². The van der Waals surface area contributed by atoms with Gasteiger partial charge >= 0.3 is 106 Å². The third-order valence-corrected chi connectivity index (χ3v) is 4.31. The van der Waals surface area contributed by atoms with E-state index in [1.807, 2.05) is 36.5 Å². The summed E-state index contributed by atoms with van der Waals surface area (Å²) in [6, 6.07) is 18.4. The zero-order valence-electron chi connectivity index (χ0n) is 9.08. The first-order chi connectivity index (χ1) is 8.42. The molecule has 0 N–H and O–H groups in total. The van der Waals surface area contributed by atoms with Gasteiger partial charge in [0.2, 0.25) is 0 Å². The predicted molar refractivity (Wildman–Crippen MR) is 71.0 cm³/mol. The van der Waals surface area contributed by atoms with Gasteiger partial charge in [-0.25, -0.2) is 0 Å². The molecule has 0 aliphatic heterocycles. The molecule has 0 fully saturated rings. The molecule has 1 aromatic heterocycles. The van der Waals surface area contributed by atoms with Crippen LogP contribution >= 0.6 is 0 Å². The van der Waals surface area contributed by atoms with Crippen molar-refractivity contribution >= 4 is 35.0 Å². The van der Waals surface area contributed by atoms with Crippen LogP contribution < -0.4 is 9.05 Å². The van der Waals surface area contributed by atoms with E-state index in [0.717, 1.165) is 15.6 Å². The molecule has 3 aromatic rings. The van der Waals surface area contributed by atoms with Crippen LogP contribution in [0.3, 0.4) is 0 Å². The Kier molecular flexibility index (Phi) is 2.86. The van der Waals surface area contributed by atoms with Gasteiger partial charge in [0.15, 0.2) is 0 Å². The molecule has 0 saturated heterocycles. The first-order valence-corrected chi connectivity index (χ1v) is 7.08. The van der Waals surface area contributed by atoms with Crippen molar-refractivity contribution in [2.75, 3.05) is 0 Å². The maximum absolute atomic E-state index is 4.64. The SMILES string of the molecule is c1ccc([Se]c2cnc3ccccc3n2)cc1. The second kappa shape index (κ2) is 4.66. The van der Waals surface area contributed by atoms with Crippen molar-refractivity contribution in [2.24, 2.45) is 0 Å². The van der Waals surface area contributed by atoms with Crippen LogP contribution in [0.15, 0.2) is 60.8 Å². The van der Waals surface area contributed by atoms with Crippen LogP contribution in [0.1, 0.15) is 0 Å². The van der Waals surface area contributed by atoms with Crippen molar-refractivity contribution in [3.8, 4) is 0 Å². The molecule has 0 aliphatic rings. The second-order valence-electron chi connectivity index (χ2n) is 3.61. The predicted octanol–water partition coefficient (Wildman–Crippen LogP) is 1.28. The minimum absolute atomic E-state index is 0.234. The molecule has 0 atom stereocenters. The third kappa shape index (κ3) is 2.36. The van der Waals surface area contributed by atoms with E-state index < -0.39 is 0 Å². The van der Waals surface area contributed by atoms with Crippen molar-refractivity contribution in [3.63, 3.8) is 0 Å². The van der Waals surface area contributed by atoms with Gasteiger partial charge in [-0.05, 0) is 0 Å². The maximum atomic E-state index is 4.64. The molecule has 0 radical (unpaired) electrons. The molecule has 0 amide bonds. The first-order valence-electron chi connectivity index (χ1n) is 5.36. The summed E-state index contributed by atoms with van der Waals surface area (Å²) in [5.74, 6) is 0. The molecule has 3 rings (SSSR count). The Balaban J connectivity index is 1.96. The molecule has 0 saturated carbocycles. The zero-order chi connectivity index (χ0) is 11.5. The van der Waals surface area contributed by atoms with Gasteiger partial charge in [0.05, 0.1) is 0 Å². The van der Waals surface area contributed by atoms with Crippen molar-refractivity contribution in [1.29, 1.82) is 0 Å². The normalized spacial score (nSPS) is 10.6. The summed E-state index contributed by atoms with van der Waals surface area (Å²) in [4.78, 5) is 9.07. The fourth-order valence-electron chi connectivity index (χ4n) is 1.60. The van der Waals surface area contributed by atoms with Crippen LogP contribution in [0.4, 0.5) is 0 Å². The third-order valence-electron chi connectivity index (χ3n) is 2.39. The molecular formula is C14H10N2Se. The molecule has 0 unspecified atom stereocenters. The Labute approximate surface area is 106 Å². The Hall–Kier alpha value is -1.70. The quantitative estimate of drug-likeness (QED) is 0.663. The van der Waals surface area contributed by atoms with E-state index in [0.29, 0.717) is 0 Å². The number of hydrogen-bond donors (Lipinski definition) is 0. The van der Waals surface area contributed by atoms with Crippen LogP contribution in [0, 0.1) is 0 Å². The van der Waals surface area contributed by atoms with Crippen LogP contribution in [0.25, 0.3) is 11.0 Å². The summed E-state index contributed by atoms with van der Waals surface area (Å²) in [6.45, 7) is 0. The van der Waals surface area contributed by atoms with Crippen LogP contribution in [0.2, 0.25) is 0 Å². The van der Waals surface area contributed by atoms with Gasteiger partial charge in [-0.15, -0.1) is 0 Å². The average molecular weight is 285 g/mol. The average Bonchev–Trinajstić information content (AvgIpc) is 2.40. The van der Waals surface area contributed by atoms with Gasteiger partial charge in [0.25, 0.3) is 0 Å². The van der Waals surface area contributed by atoms with Crippen LogP contribution in [0.5, 0.6) is 0 Å². The number of hydrogen-bond acceptors (Lipinski definition) is 2. The molecule has 0 aliphatic carbocycles. The molecular weight excluding hydrogens is 275 g/mol. The van der Waals surface area contributed by atoms with Crippen molar-refractivity contribution in [2.45, 2.75) is 0 Å². The van der Waals surface area contributed by atoms with Crippen molar-refractivity contribution in [3.05, 3.63) is 60.8 Å². The van der Waals surface area contributed by atoms with E-state index in [1.165, 1.54) is 4.46 Å². The number of para-hydroxylation sites is 2. The molecule has 0 spiro atoms. The standard InChI is InChI=1S/C14H10N2Se/c1-2-6-11(7-3-1)17-14-10-15-12-8-4-5-9-13(12)16-14/h1-10H. The van der Waals surface area contributed by atoms with Gasteiger partial charge in [0.1, 0.15) is 0 Å². The number of fused-ring (bicyclic) bond motifs is 1. The number of rotatable bonds is 2. The van der Waals surface area contributed by atoms with E-state index >= 15 is 0 Å². The van der Waals surface area contributed by atoms with Gasteiger partial charge in [0, 0.05) is 0 Å². The molecule has 17 heavy (non-hydrogen) atoms. The molecule has 0 bridgehead atoms. The zero-order valence-corrected chi connectivity index (χ0v) is 10.8. The first kappa shape index (κ1) is 10.5. The van der Waals surface area contributed by atoms with E-state index in [4.69, 9.17) is 0 Å². The van der Waals surface area contributed by atoms with Crippen molar-refractivity contribution in [1.82, 2.24) is 9.97 Å². The summed E-state index contributed by atoms with van der Waals surface area (Å²) >= 11 is 0.234. The Morgan fingerprint density at radius 3 is 2.29 bits per heavy atom. The molecule has 2 aromatic carbocycles. The number of aromatic nitrogens is 2. The molecule has 2 nitrogen and oxygen atoms in total. The Morgan fingerprint density at radius 1 is 0.765 bits per heavy atom. The van der Waals surface area contributed by atoms with E-state index in [2.05, 4.69) is 34.2 Å². The van der Waals surface area contributed by atoms with E-state index in [9.17, 15) is 0 Å². The van der Waals surface area contributed by atoms with Gasteiger partial charge in [-0.1, -0.05) is 0 Å². The molecule has 3 heteroatoms. The van der Waals surface area contributed by atoms with Gasteiger partial charge in [-0.3, -0.25) is 0 Å². The molecule has 82 valence electrons. The summed E-state index contributed by atoms with van der Waals surface area (Å²) in [5.41, 5.74) is 1.93. The van der Waals surface area contributed by atoms with Crippen molar-refractivity contribution < 1.29 is 0 Å². The van der Waals surface area contributed by atoms with Gasteiger partial charge < -0.3 is 0 Å². The molecule has 1 heterocycles. The van der Waals surface area contributed by atoms with Gasteiger partial charge in [-0.2, -0.15) is 0 Å². The summed E-state index contributed by atoms with van der Waals surface area (Å²) in [7, 11) is 0. The van der Waals surface area contributed by atoms with E-state index in [1.54, 1.807) is 0 Å². The summed E-state index contributed by atoms with van der Waals surface area (Å²) < 4.78 is 2.40. The topological polar surface area (TPSA) is 25.8 Å². The minimum atomic E-state index is 0.234. The number of nitrogens with zero attached hydrogens (tertiary/aromatic N) is 2.